The van der Waals surface area contributed by atoms with Crippen LogP contribution in [0.1, 0.15) is 37.1 Å². The van der Waals surface area contributed by atoms with Crippen LogP contribution in [0.2, 0.25) is 0 Å². The maximum Gasteiger partial charge on any atom is 0.0390 e. The van der Waals surface area contributed by atoms with Crippen molar-refractivity contribution in [1.29, 1.82) is 0 Å². The molecule has 0 aliphatic rings. The summed E-state index contributed by atoms with van der Waals surface area (Å²) < 4.78 is 2.46. The molecule has 0 saturated heterocycles. The average molecular weight is 298 g/mol. The monoisotopic (exact) mass is 297 g/mol. The normalized spacial score (nSPS) is 13.2. The minimum atomic E-state index is 0.205. The second kappa shape index (κ2) is 5.30. The highest BCUT2D eigenvalue weighted by Gasteiger charge is 2.09. The molecule has 1 nitrogen and oxygen atoms in total. The predicted octanol–water partition coefficient (Wildman–Crippen LogP) is 4.85. The fourth-order valence-corrected chi connectivity index (χ4v) is 3.24. The van der Waals surface area contributed by atoms with E-state index in [4.69, 9.17) is 5.73 Å². The van der Waals surface area contributed by atoms with Gasteiger partial charge in [0.2, 0.25) is 0 Å². The number of rotatable bonds is 4. The molecule has 0 fully saturated rings. The zero-order valence-electron chi connectivity index (χ0n) is 9.37. The fraction of sp³-hybridized carbons (Fsp3) is 0.385. The number of hydrogen-bond acceptors (Lipinski definition) is 2. The fourth-order valence-electron chi connectivity index (χ4n) is 1.78. The molecule has 1 atom stereocenters. The Morgan fingerprint density at radius 2 is 2.19 bits per heavy atom. The lowest BCUT2D eigenvalue weighted by molar-refractivity contribution is 0.611. The maximum absolute atomic E-state index is 6.18. The van der Waals surface area contributed by atoms with Gasteiger partial charge in [0.1, 0.15) is 0 Å². The summed E-state index contributed by atoms with van der Waals surface area (Å²) in [5, 5.41) is 1.29. The van der Waals surface area contributed by atoms with Crippen LogP contribution in [-0.2, 0) is 0 Å². The van der Waals surface area contributed by atoms with Gasteiger partial charge >= 0.3 is 0 Å². The number of fused-ring (bicyclic) bond motifs is 1. The Bertz CT molecular complexity index is 478. The molecule has 1 heterocycles. The Labute approximate surface area is 109 Å². The third kappa shape index (κ3) is 2.65. The number of nitrogens with two attached hydrogens (primary N) is 1. The van der Waals surface area contributed by atoms with Gasteiger partial charge in [-0.25, -0.2) is 0 Å². The Kier molecular flexibility index (Phi) is 4.00. The molecule has 2 aromatic rings. The summed E-state index contributed by atoms with van der Waals surface area (Å²) in [6.45, 7) is 2.20. The molecule has 0 radical (unpaired) electrons. The van der Waals surface area contributed by atoms with Gasteiger partial charge in [-0.3, -0.25) is 0 Å². The summed E-state index contributed by atoms with van der Waals surface area (Å²) in [6, 6.07) is 8.82. The van der Waals surface area contributed by atoms with E-state index >= 15 is 0 Å². The summed E-state index contributed by atoms with van der Waals surface area (Å²) in [4.78, 5) is 1.31. The quantitative estimate of drug-likeness (QED) is 0.857. The van der Waals surface area contributed by atoms with Gasteiger partial charge in [-0.1, -0.05) is 35.7 Å². The summed E-state index contributed by atoms with van der Waals surface area (Å²) in [5.74, 6) is 0. The van der Waals surface area contributed by atoms with Crippen molar-refractivity contribution in [2.45, 2.75) is 32.2 Å². The van der Waals surface area contributed by atoms with Gasteiger partial charge in [-0.2, -0.15) is 0 Å². The van der Waals surface area contributed by atoms with Gasteiger partial charge in [-0.15, -0.1) is 11.3 Å². The van der Waals surface area contributed by atoms with Crippen LogP contribution in [0.3, 0.4) is 0 Å². The van der Waals surface area contributed by atoms with Gasteiger partial charge in [0.05, 0.1) is 0 Å². The lowest BCUT2D eigenvalue weighted by atomic mass is 10.1. The molecule has 0 amide bonds. The van der Waals surface area contributed by atoms with Crippen molar-refractivity contribution in [3.63, 3.8) is 0 Å². The first-order valence-electron chi connectivity index (χ1n) is 5.65. The molecule has 0 saturated carbocycles. The highest BCUT2D eigenvalue weighted by molar-refractivity contribution is 9.10. The van der Waals surface area contributed by atoms with Gasteiger partial charge in [0.25, 0.3) is 0 Å². The molecular weight excluding hydrogens is 282 g/mol. The molecule has 0 bridgehead atoms. The van der Waals surface area contributed by atoms with E-state index in [0.29, 0.717) is 0 Å². The number of halogens is 1. The first-order valence-corrected chi connectivity index (χ1v) is 7.26. The van der Waals surface area contributed by atoms with E-state index in [2.05, 4.69) is 47.1 Å². The molecule has 0 spiro atoms. The van der Waals surface area contributed by atoms with Crippen LogP contribution < -0.4 is 5.73 Å². The lowest BCUT2D eigenvalue weighted by Gasteiger charge is -2.07. The minimum Gasteiger partial charge on any atom is -0.323 e. The number of hydrogen-bond donors (Lipinski definition) is 1. The third-order valence-corrected chi connectivity index (χ3v) is 4.47. The second-order valence-electron chi connectivity index (χ2n) is 4.08. The van der Waals surface area contributed by atoms with Crippen LogP contribution in [0.25, 0.3) is 10.1 Å². The SMILES string of the molecule is CCCC[C@H](N)c1cc2cc(Br)ccc2s1. The number of benzene rings is 1. The second-order valence-corrected chi connectivity index (χ2v) is 6.11. The topological polar surface area (TPSA) is 26.0 Å². The van der Waals surface area contributed by atoms with Crippen LogP contribution in [0.4, 0.5) is 0 Å². The molecule has 0 aliphatic heterocycles. The minimum absolute atomic E-state index is 0.205. The van der Waals surface area contributed by atoms with Crippen LogP contribution in [0, 0.1) is 0 Å². The molecule has 1 aromatic carbocycles. The lowest BCUT2D eigenvalue weighted by Crippen LogP contribution is -2.07. The third-order valence-electron chi connectivity index (χ3n) is 2.73. The van der Waals surface area contributed by atoms with Crippen molar-refractivity contribution in [2.75, 3.05) is 0 Å². The molecule has 0 unspecified atom stereocenters. The Balaban J connectivity index is 2.25. The van der Waals surface area contributed by atoms with Gasteiger partial charge < -0.3 is 5.73 Å². The zero-order chi connectivity index (χ0) is 11.5. The Morgan fingerprint density at radius 3 is 2.94 bits per heavy atom. The van der Waals surface area contributed by atoms with E-state index in [-0.39, 0.29) is 6.04 Å². The van der Waals surface area contributed by atoms with Crippen molar-refractivity contribution < 1.29 is 0 Å². The molecule has 1 aromatic heterocycles. The van der Waals surface area contributed by atoms with Crippen LogP contribution in [0.15, 0.2) is 28.7 Å². The van der Waals surface area contributed by atoms with Crippen LogP contribution >= 0.6 is 27.3 Å². The number of thiophene rings is 1. The molecule has 3 heteroatoms. The molecule has 2 rings (SSSR count). The van der Waals surface area contributed by atoms with Gasteiger partial charge in [0.15, 0.2) is 0 Å². The van der Waals surface area contributed by atoms with E-state index in [9.17, 15) is 0 Å². The van der Waals surface area contributed by atoms with E-state index in [1.165, 1.54) is 27.8 Å². The molecule has 16 heavy (non-hydrogen) atoms. The van der Waals surface area contributed by atoms with Crippen LogP contribution in [0.5, 0.6) is 0 Å². The van der Waals surface area contributed by atoms with E-state index in [0.717, 1.165) is 10.9 Å². The Hall–Kier alpha value is -0.380. The number of unbranched alkanes of at least 4 members (excludes halogenated alkanes) is 1. The van der Waals surface area contributed by atoms with Gasteiger partial charge in [-0.05, 0) is 36.1 Å². The Morgan fingerprint density at radius 1 is 1.38 bits per heavy atom. The van der Waals surface area contributed by atoms with E-state index < -0.39 is 0 Å². The maximum atomic E-state index is 6.18. The standard InChI is InChI=1S/C13H16BrNS/c1-2-3-4-11(15)13-8-9-7-10(14)5-6-12(9)16-13/h5-8,11H,2-4,15H2,1H3/t11-/m0/s1. The summed E-state index contributed by atoms with van der Waals surface area (Å²) in [5.41, 5.74) is 6.18. The molecule has 2 N–H and O–H groups in total. The van der Waals surface area contributed by atoms with E-state index in [1.807, 2.05) is 11.3 Å². The van der Waals surface area contributed by atoms with Crippen molar-refractivity contribution in [3.05, 3.63) is 33.6 Å². The van der Waals surface area contributed by atoms with Crippen molar-refractivity contribution in [2.24, 2.45) is 5.73 Å². The average Bonchev–Trinajstić information content (AvgIpc) is 2.68. The van der Waals surface area contributed by atoms with Gasteiger partial charge in [0, 0.05) is 20.1 Å². The van der Waals surface area contributed by atoms with Crippen LogP contribution in [-0.4, -0.2) is 0 Å². The highest BCUT2D eigenvalue weighted by atomic mass is 79.9. The van der Waals surface area contributed by atoms with Crippen molar-refractivity contribution in [1.82, 2.24) is 0 Å². The highest BCUT2D eigenvalue weighted by Crippen LogP contribution is 2.32. The van der Waals surface area contributed by atoms with Crippen molar-refractivity contribution >= 4 is 37.4 Å². The summed E-state index contributed by atoms with van der Waals surface area (Å²) in [6.07, 6.45) is 3.51. The summed E-state index contributed by atoms with van der Waals surface area (Å²) >= 11 is 5.31. The smallest absolute Gasteiger partial charge is 0.0390 e. The molecule has 0 aliphatic carbocycles. The summed E-state index contributed by atoms with van der Waals surface area (Å²) in [7, 11) is 0. The zero-order valence-corrected chi connectivity index (χ0v) is 11.8. The van der Waals surface area contributed by atoms with E-state index in [1.54, 1.807) is 0 Å². The predicted molar refractivity (Wildman–Crippen MR) is 76.0 cm³/mol. The first-order chi connectivity index (χ1) is 7.70. The largest absolute Gasteiger partial charge is 0.323 e. The molecular formula is C13H16BrNS. The molecule has 86 valence electrons. The first kappa shape index (κ1) is 12.1. The van der Waals surface area contributed by atoms with Crippen molar-refractivity contribution in [3.8, 4) is 0 Å².